The van der Waals surface area contributed by atoms with Crippen LogP contribution in [-0.4, -0.2) is 16.6 Å². The number of fused-ring (bicyclic) bond motifs is 4. The van der Waals surface area contributed by atoms with Crippen LogP contribution in [0, 0.1) is 25.7 Å². The molecule has 0 fully saturated rings. The molecule has 9 rings (SSSR count). The molecule has 0 saturated carbocycles. The Balaban J connectivity index is 0.00000529. The van der Waals surface area contributed by atoms with E-state index in [1.807, 2.05) is 6.20 Å². The second-order valence-corrected chi connectivity index (χ2v) is 20.0. The minimum Gasteiger partial charge on any atom is -0.504 e. The largest absolute Gasteiger partial charge is 0.504 e. The van der Waals surface area contributed by atoms with Crippen molar-refractivity contribution in [2.45, 2.75) is 90.9 Å². The average Bonchev–Trinajstić information content (AvgIpc) is 3.74. The molecule has 6 aromatic carbocycles. The summed E-state index contributed by atoms with van der Waals surface area (Å²) >= 11 is 0. The van der Waals surface area contributed by atoms with Crippen molar-refractivity contribution in [3.63, 3.8) is 0 Å². The van der Waals surface area contributed by atoms with Crippen LogP contribution in [-0.2, 0) is 42.7 Å². The Labute approximate surface area is 383 Å². The second kappa shape index (κ2) is 15.7. The van der Waals surface area contributed by atoms with Crippen molar-refractivity contribution in [2.24, 2.45) is 0 Å². The minimum absolute atomic E-state index is 0. The molecule has 0 bridgehead atoms. The molecular weight excluding hydrogens is 936 g/mol. The summed E-state index contributed by atoms with van der Waals surface area (Å²) in [4.78, 5) is 9.63. The molecule has 5 heteroatoms. The number of anilines is 3. The Hall–Kier alpha value is -5.44. The maximum Gasteiger partial charge on any atom is 0.135 e. The second-order valence-electron chi connectivity index (χ2n) is 20.0. The van der Waals surface area contributed by atoms with Gasteiger partial charge in [-0.1, -0.05) is 147 Å². The van der Waals surface area contributed by atoms with Crippen LogP contribution >= 0.6 is 0 Å². The molecule has 318 valence electrons. The summed E-state index contributed by atoms with van der Waals surface area (Å²) < 4.78 is 2.31. The molecule has 1 aliphatic rings. The van der Waals surface area contributed by atoms with Gasteiger partial charge in [0, 0.05) is 49.6 Å². The average molecular weight is 993 g/mol. The van der Waals surface area contributed by atoms with E-state index in [9.17, 15) is 0 Å². The van der Waals surface area contributed by atoms with E-state index in [1.54, 1.807) is 0 Å². The zero-order chi connectivity index (χ0) is 43.1. The Kier molecular flexibility index (Phi) is 11.0. The van der Waals surface area contributed by atoms with E-state index >= 15 is 0 Å². The first-order chi connectivity index (χ1) is 29.0. The maximum absolute atomic E-state index is 5.03. The van der Waals surface area contributed by atoms with Crippen LogP contribution in [0.4, 0.5) is 17.1 Å². The number of pyridine rings is 1. The van der Waals surface area contributed by atoms with Crippen LogP contribution in [0.5, 0.6) is 0 Å². The van der Waals surface area contributed by atoms with Crippen LogP contribution < -0.4 is 9.80 Å². The van der Waals surface area contributed by atoms with Crippen LogP contribution in [0.25, 0.3) is 27.6 Å². The fraction of sp³-hybridized carbons (Fsp3) is 0.263. The van der Waals surface area contributed by atoms with E-state index in [0.29, 0.717) is 0 Å². The van der Waals surface area contributed by atoms with E-state index in [4.69, 9.17) is 4.98 Å². The molecule has 0 aliphatic carbocycles. The van der Waals surface area contributed by atoms with Gasteiger partial charge in [0.1, 0.15) is 5.82 Å². The van der Waals surface area contributed by atoms with Gasteiger partial charge in [-0.25, -0.2) is 4.98 Å². The van der Waals surface area contributed by atoms with Crippen LogP contribution in [0.2, 0.25) is 0 Å². The third kappa shape index (κ3) is 7.29. The van der Waals surface area contributed by atoms with Crippen molar-refractivity contribution >= 4 is 38.9 Å². The van der Waals surface area contributed by atoms with Gasteiger partial charge >= 0.3 is 0 Å². The van der Waals surface area contributed by atoms with Gasteiger partial charge in [0.2, 0.25) is 0 Å². The number of aryl methyl sites for hydroxylation is 1. The van der Waals surface area contributed by atoms with Gasteiger partial charge in [-0.15, -0.1) is 28.3 Å². The Morgan fingerprint density at radius 3 is 1.81 bits per heavy atom. The number of benzene rings is 6. The summed E-state index contributed by atoms with van der Waals surface area (Å²) in [5, 5.41) is 2.32. The fourth-order valence-electron chi connectivity index (χ4n) is 9.44. The van der Waals surface area contributed by atoms with Gasteiger partial charge in [-0.2, -0.15) is 42.6 Å². The summed E-state index contributed by atoms with van der Waals surface area (Å²) in [5.74, 6) is 0.887. The molecule has 2 aromatic heterocycles. The molecule has 4 nitrogen and oxygen atoms in total. The number of rotatable bonds is 6. The third-order valence-corrected chi connectivity index (χ3v) is 12.7. The smallest absolute Gasteiger partial charge is 0.135 e. The van der Waals surface area contributed by atoms with E-state index < -0.39 is 5.41 Å². The standard InChI is InChI=1S/C57H57N4.Pt/c1-38-30-52-51(36-48(38)56(8,9)10)59(11)37-60(52)45-32-43(55(5,6)7)31-44(33-45)57(39-20-14-12-15-21-39,40-22-16-13-17-23-40)42-26-27-47-46-24-18-19-25-49(46)61(50(47)34-42)53-35-41(28-29-58-53)54(2,3)4;/h12-32,35-37H,1-11H3;/q-3;. The van der Waals surface area contributed by atoms with Crippen molar-refractivity contribution in [2.75, 3.05) is 16.8 Å². The van der Waals surface area contributed by atoms with Crippen molar-refractivity contribution in [3.8, 4) is 5.82 Å². The van der Waals surface area contributed by atoms with Crippen molar-refractivity contribution < 1.29 is 21.1 Å². The van der Waals surface area contributed by atoms with Crippen molar-refractivity contribution in [1.29, 1.82) is 0 Å². The van der Waals surface area contributed by atoms with Crippen LogP contribution in [0.15, 0.2) is 140 Å². The van der Waals surface area contributed by atoms with E-state index in [0.717, 1.165) is 55.9 Å². The summed E-state index contributed by atoms with van der Waals surface area (Å²) in [7, 11) is 2.16. The minimum atomic E-state index is -0.810. The molecule has 0 amide bonds. The quantitative estimate of drug-likeness (QED) is 0.123. The van der Waals surface area contributed by atoms with Gasteiger partial charge in [0.25, 0.3) is 0 Å². The number of hydrogen-bond donors (Lipinski definition) is 0. The molecule has 0 spiro atoms. The molecule has 0 saturated heterocycles. The van der Waals surface area contributed by atoms with Gasteiger partial charge in [-0.3, -0.25) is 0 Å². The molecule has 3 heterocycles. The molecule has 0 atom stereocenters. The fourth-order valence-corrected chi connectivity index (χ4v) is 9.44. The van der Waals surface area contributed by atoms with Crippen molar-refractivity contribution in [3.05, 3.63) is 203 Å². The number of para-hydroxylation sites is 1. The molecule has 0 N–H and O–H groups in total. The Morgan fingerprint density at radius 1 is 0.548 bits per heavy atom. The van der Waals surface area contributed by atoms with Gasteiger partial charge in [-0.05, 0) is 93.8 Å². The number of nitrogens with zero attached hydrogens (tertiary/aromatic N) is 4. The summed E-state index contributed by atoms with van der Waals surface area (Å²) in [6.07, 6.45) is 1.95. The van der Waals surface area contributed by atoms with E-state index in [1.165, 1.54) is 33.3 Å². The van der Waals surface area contributed by atoms with E-state index in [-0.39, 0.29) is 37.3 Å². The summed E-state index contributed by atoms with van der Waals surface area (Å²) in [5.41, 5.74) is 14.0. The Morgan fingerprint density at radius 2 is 1.18 bits per heavy atom. The zero-order valence-electron chi connectivity index (χ0n) is 38.0. The van der Waals surface area contributed by atoms with E-state index in [2.05, 4.69) is 243 Å². The normalized spacial score (nSPS) is 13.5. The first kappa shape index (κ1) is 43.2. The number of hydrogen-bond acceptors (Lipinski definition) is 3. The maximum atomic E-state index is 5.03. The Bertz CT molecular complexity index is 2880. The van der Waals surface area contributed by atoms with Gasteiger partial charge in [0.05, 0.1) is 0 Å². The molecule has 0 radical (unpaired) electrons. The molecule has 1 aliphatic heterocycles. The monoisotopic (exact) mass is 992 g/mol. The predicted molar refractivity (Wildman–Crippen MR) is 257 cm³/mol. The third-order valence-electron chi connectivity index (χ3n) is 12.7. The first-order valence-electron chi connectivity index (χ1n) is 21.6. The zero-order valence-corrected chi connectivity index (χ0v) is 40.2. The van der Waals surface area contributed by atoms with Crippen LogP contribution in [0.3, 0.4) is 0 Å². The van der Waals surface area contributed by atoms with Crippen LogP contribution in [0.1, 0.15) is 107 Å². The van der Waals surface area contributed by atoms with Gasteiger partial charge < -0.3 is 14.4 Å². The molecule has 8 aromatic rings. The predicted octanol–water partition coefficient (Wildman–Crippen LogP) is 14.1. The molecular formula is C57H57N4Pt-3. The number of aromatic nitrogens is 2. The summed E-state index contributed by atoms with van der Waals surface area (Å²) in [6.45, 7) is 25.1. The summed E-state index contributed by atoms with van der Waals surface area (Å²) in [6, 6.07) is 57.4. The SMILES string of the molecule is Cc1cc2c(cc1C(C)(C)C)N(C)[CH-]N2c1[c-]c(C(c2[c-]c3c(cc2)c2ccccc2n3-c2cc(C(C)(C)C)ccn2)(c2ccccc2)c2ccccc2)cc(C(C)(C)C)c1.[Pt]. The van der Waals surface area contributed by atoms with Gasteiger partial charge in [0.15, 0.2) is 0 Å². The molecule has 62 heavy (non-hydrogen) atoms. The molecule has 0 unspecified atom stereocenters. The topological polar surface area (TPSA) is 24.3 Å². The van der Waals surface area contributed by atoms with Crippen molar-refractivity contribution in [1.82, 2.24) is 9.55 Å². The first-order valence-corrected chi connectivity index (χ1v) is 21.6.